The summed E-state index contributed by atoms with van der Waals surface area (Å²) >= 11 is 1.98. The fraction of sp³-hybridized carbons (Fsp3) is 0.647. The lowest BCUT2D eigenvalue weighted by molar-refractivity contribution is 0.0120. The maximum absolute atomic E-state index is 13.6. The Morgan fingerprint density at radius 2 is 2.19 bits per heavy atom. The number of rotatable bonds is 2. The summed E-state index contributed by atoms with van der Waals surface area (Å²) in [5.74, 6) is 2.87. The maximum atomic E-state index is 13.6. The summed E-state index contributed by atoms with van der Waals surface area (Å²) in [5, 5.41) is 3.51. The lowest BCUT2D eigenvalue weighted by atomic mass is 9.76. The number of benzene rings is 1. The quantitative estimate of drug-likeness (QED) is 0.886. The van der Waals surface area contributed by atoms with Gasteiger partial charge in [-0.25, -0.2) is 4.39 Å². The van der Waals surface area contributed by atoms with Crippen LogP contribution in [0.25, 0.3) is 0 Å². The highest BCUT2D eigenvalue weighted by atomic mass is 32.2. The van der Waals surface area contributed by atoms with Crippen molar-refractivity contribution < 1.29 is 9.13 Å². The van der Waals surface area contributed by atoms with E-state index in [-0.39, 0.29) is 22.9 Å². The first-order chi connectivity index (χ1) is 9.93. The fourth-order valence-electron chi connectivity index (χ4n) is 3.75. The summed E-state index contributed by atoms with van der Waals surface area (Å²) in [5.41, 5.74) is 1.14. The maximum Gasteiger partial charge on any atom is 0.125 e. The van der Waals surface area contributed by atoms with Gasteiger partial charge >= 0.3 is 0 Å². The summed E-state index contributed by atoms with van der Waals surface area (Å²) in [7, 11) is 0. The Kier molecular flexibility index (Phi) is 3.95. The number of fused-ring (bicyclic) bond motifs is 1. The predicted molar refractivity (Wildman–Crippen MR) is 86.5 cm³/mol. The van der Waals surface area contributed by atoms with Gasteiger partial charge in [0.05, 0.1) is 0 Å². The van der Waals surface area contributed by atoms with E-state index in [0.717, 1.165) is 36.5 Å². The van der Waals surface area contributed by atoms with E-state index in [1.165, 1.54) is 11.8 Å². The molecule has 1 saturated heterocycles. The topological polar surface area (TPSA) is 21.3 Å². The van der Waals surface area contributed by atoms with Crippen molar-refractivity contribution in [2.75, 3.05) is 18.1 Å². The van der Waals surface area contributed by atoms with E-state index in [2.05, 4.69) is 26.1 Å². The minimum atomic E-state index is -0.186. The molecule has 0 bridgehead atoms. The van der Waals surface area contributed by atoms with Gasteiger partial charge in [0, 0.05) is 23.8 Å². The van der Waals surface area contributed by atoms with Crippen molar-refractivity contribution in [1.82, 2.24) is 5.32 Å². The largest absolute Gasteiger partial charge is 0.486 e. The Morgan fingerprint density at radius 3 is 2.90 bits per heavy atom. The van der Waals surface area contributed by atoms with Crippen LogP contribution in [0.15, 0.2) is 18.2 Å². The van der Waals surface area contributed by atoms with Gasteiger partial charge in [0.2, 0.25) is 0 Å². The molecule has 2 aliphatic heterocycles. The van der Waals surface area contributed by atoms with Crippen LogP contribution in [-0.4, -0.2) is 23.7 Å². The normalized spacial score (nSPS) is 30.8. The molecule has 1 aromatic carbocycles. The fourth-order valence-corrected chi connectivity index (χ4v) is 5.16. The Bertz CT molecular complexity index is 534. The van der Waals surface area contributed by atoms with Crippen LogP contribution >= 0.6 is 11.8 Å². The third-order valence-corrected chi connectivity index (χ3v) is 6.07. The lowest BCUT2D eigenvalue weighted by Crippen LogP contribution is -2.51. The molecule has 0 amide bonds. The standard InChI is InChI=1S/C17H24FNOS/c1-4-19-14-8-17(9-16(2,3)10-21-11-17)20-15-6-5-12(18)7-13(14)15/h5-7,14,19H,4,8-11H2,1-3H3. The molecule has 0 radical (unpaired) electrons. The van der Waals surface area contributed by atoms with Crippen LogP contribution in [0.3, 0.4) is 0 Å². The van der Waals surface area contributed by atoms with E-state index >= 15 is 0 Å². The van der Waals surface area contributed by atoms with Crippen LogP contribution < -0.4 is 10.1 Å². The predicted octanol–water partition coefficient (Wildman–Crippen LogP) is 4.16. The van der Waals surface area contributed by atoms with Gasteiger partial charge in [-0.1, -0.05) is 20.8 Å². The van der Waals surface area contributed by atoms with E-state index in [9.17, 15) is 4.39 Å². The van der Waals surface area contributed by atoms with E-state index < -0.39 is 0 Å². The second-order valence-corrected chi connectivity index (χ2v) is 8.10. The summed E-state index contributed by atoms with van der Waals surface area (Å²) in [4.78, 5) is 0. The van der Waals surface area contributed by atoms with Crippen molar-refractivity contribution in [2.45, 2.75) is 45.3 Å². The number of halogens is 1. The molecule has 4 heteroatoms. The molecule has 1 aromatic rings. The van der Waals surface area contributed by atoms with Gasteiger partial charge < -0.3 is 10.1 Å². The Labute approximate surface area is 130 Å². The van der Waals surface area contributed by atoms with Gasteiger partial charge in [-0.15, -0.1) is 0 Å². The molecule has 2 aliphatic rings. The van der Waals surface area contributed by atoms with E-state index in [1.807, 2.05) is 11.8 Å². The van der Waals surface area contributed by atoms with Gasteiger partial charge in [0.15, 0.2) is 0 Å². The molecule has 116 valence electrons. The smallest absolute Gasteiger partial charge is 0.125 e. The van der Waals surface area contributed by atoms with Gasteiger partial charge in [-0.05, 0) is 42.3 Å². The monoisotopic (exact) mass is 309 g/mol. The van der Waals surface area contributed by atoms with Crippen molar-refractivity contribution in [3.05, 3.63) is 29.6 Å². The average molecular weight is 309 g/mol. The van der Waals surface area contributed by atoms with Crippen LogP contribution in [0, 0.1) is 11.2 Å². The third kappa shape index (κ3) is 3.07. The third-order valence-electron chi connectivity index (χ3n) is 4.36. The summed E-state index contributed by atoms with van der Waals surface area (Å²) in [6, 6.07) is 5.10. The van der Waals surface area contributed by atoms with Gasteiger partial charge in [-0.3, -0.25) is 0 Å². The van der Waals surface area contributed by atoms with E-state index in [4.69, 9.17) is 4.74 Å². The molecule has 3 rings (SSSR count). The molecule has 2 nitrogen and oxygen atoms in total. The Hall–Kier alpha value is -0.740. The summed E-state index contributed by atoms with van der Waals surface area (Å²) < 4.78 is 20.0. The second kappa shape index (κ2) is 5.47. The molecular formula is C17H24FNOS. The van der Waals surface area contributed by atoms with Gasteiger partial charge in [0.25, 0.3) is 0 Å². The van der Waals surface area contributed by atoms with Crippen LogP contribution in [0.5, 0.6) is 5.75 Å². The van der Waals surface area contributed by atoms with Crippen molar-refractivity contribution >= 4 is 11.8 Å². The molecule has 0 aromatic heterocycles. The lowest BCUT2D eigenvalue weighted by Gasteiger charge is -2.49. The molecule has 0 aliphatic carbocycles. The van der Waals surface area contributed by atoms with Crippen molar-refractivity contribution in [3.8, 4) is 5.75 Å². The molecule has 1 N–H and O–H groups in total. The number of hydrogen-bond donors (Lipinski definition) is 1. The Morgan fingerprint density at radius 1 is 1.38 bits per heavy atom. The summed E-state index contributed by atoms with van der Waals surface area (Å²) in [6.45, 7) is 7.60. The van der Waals surface area contributed by atoms with E-state index in [0.29, 0.717) is 0 Å². The SMILES string of the molecule is CCNC1CC2(CSCC(C)(C)C2)Oc2ccc(F)cc21. The number of thioether (sulfide) groups is 1. The number of hydrogen-bond acceptors (Lipinski definition) is 3. The first kappa shape index (κ1) is 15.2. The minimum absolute atomic E-state index is 0.121. The molecule has 0 saturated carbocycles. The highest BCUT2D eigenvalue weighted by Crippen LogP contribution is 2.49. The van der Waals surface area contributed by atoms with Crippen LogP contribution in [0.2, 0.25) is 0 Å². The zero-order valence-electron chi connectivity index (χ0n) is 13.0. The van der Waals surface area contributed by atoms with Crippen LogP contribution in [0.1, 0.15) is 45.2 Å². The molecule has 2 unspecified atom stereocenters. The van der Waals surface area contributed by atoms with Crippen LogP contribution in [0.4, 0.5) is 4.39 Å². The summed E-state index contributed by atoms with van der Waals surface area (Å²) in [6.07, 6.45) is 1.99. The average Bonchev–Trinajstić information content (AvgIpc) is 2.39. The highest BCUT2D eigenvalue weighted by Gasteiger charge is 2.47. The second-order valence-electron chi connectivity index (χ2n) is 7.12. The minimum Gasteiger partial charge on any atom is -0.486 e. The molecule has 2 atom stereocenters. The first-order valence-electron chi connectivity index (χ1n) is 7.73. The molecular weight excluding hydrogens is 285 g/mol. The van der Waals surface area contributed by atoms with Crippen LogP contribution in [-0.2, 0) is 0 Å². The zero-order chi connectivity index (χ0) is 15.1. The highest BCUT2D eigenvalue weighted by molar-refractivity contribution is 7.99. The number of nitrogens with one attached hydrogen (secondary N) is 1. The molecule has 1 fully saturated rings. The Balaban J connectivity index is 1.95. The first-order valence-corrected chi connectivity index (χ1v) is 8.88. The molecule has 21 heavy (non-hydrogen) atoms. The van der Waals surface area contributed by atoms with Crippen molar-refractivity contribution in [2.24, 2.45) is 5.41 Å². The number of ether oxygens (including phenoxy) is 1. The zero-order valence-corrected chi connectivity index (χ0v) is 13.9. The van der Waals surface area contributed by atoms with Gasteiger partial charge in [0.1, 0.15) is 17.2 Å². The molecule has 1 spiro atoms. The molecule has 2 heterocycles. The van der Waals surface area contributed by atoms with Crippen molar-refractivity contribution in [3.63, 3.8) is 0 Å². The van der Waals surface area contributed by atoms with E-state index in [1.54, 1.807) is 12.1 Å². The van der Waals surface area contributed by atoms with Crippen molar-refractivity contribution in [1.29, 1.82) is 0 Å². The van der Waals surface area contributed by atoms with Gasteiger partial charge in [-0.2, -0.15) is 11.8 Å².